The van der Waals surface area contributed by atoms with Gasteiger partial charge >= 0.3 is 5.97 Å². The van der Waals surface area contributed by atoms with Gasteiger partial charge in [-0.15, -0.1) is 0 Å². The van der Waals surface area contributed by atoms with Gasteiger partial charge in [-0.05, 0) is 104 Å². The number of carbonyl (C=O) groups excluding carboxylic acids is 1. The third-order valence-corrected chi connectivity index (χ3v) is 7.70. The summed E-state index contributed by atoms with van der Waals surface area (Å²) in [5, 5.41) is 19.3. The molecule has 0 aromatic heterocycles. The SMILES string of the molecule is CC1CC2CC(C)CC2(NC(=O)c2ccc(Nc3ccc(Nc4ccccc4C(=O)O)cc3)cc2)C1. The molecule has 6 nitrogen and oxygen atoms in total. The van der Waals surface area contributed by atoms with E-state index in [0.29, 0.717) is 29.0 Å². The van der Waals surface area contributed by atoms with Gasteiger partial charge in [-0.1, -0.05) is 26.0 Å². The second-order valence-electron chi connectivity index (χ2n) is 10.7. The molecule has 0 heterocycles. The summed E-state index contributed by atoms with van der Waals surface area (Å²) in [5.41, 5.74) is 4.00. The first-order valence-corrected chi connectivity index (χ1v) is 12.7. The first kappa shape index (κ1) is 23.9. The molecule has 1 amide bonds. The predicted octanol–water partition coefficient (Wildman–Crippen LogP) is 6.82. The van der Waals surface area contributed by atoms with Gasteiger partial charge < -0.3 is 21.1 Å². The number of rotatable bonds is 7. The molecule has 2 aliphatic carbocycles. The molecule has 0 bridgehead atoms. The highest BCUT2D eigenvalue weighted by Crippen LogP contribution is 2.52. The van der Waals surface area contributed by atoms with Crippen molar-refractivity contribution in [3.05, 3.63) is 83.9 Å². The zero-order valence-corrected chi connectivity index (χ0v) is 20.8. The van der Waals surface area contributed by atoms with Crippen LogP contribution in [0.15, 0.2) is 72.8 Å². The van der Waals surface area contributed by atoms with Crippen molar-refractivity contribution in [2.75, 3.05) is 10.6 Å². The minimum atomic E-state index is -0.969. The fourth-order valence-corrected chi connectivity index (χ4v) is 6.29. The van der Waals surface area contributed by atoms with E-state index in [2.05, 4.69) is 29.8 Å². The Morgan fingerprint density at radius 2 is 1.31 bits per heavy atom. The second kappa shape index (κ2) is 9.69. The number of hydrogen-bond acceptors (Lipinski definition) is 4. The van der Waals surface area contributed by atoms with E-state index < -0.39 is 5.97 Å². The molecule has 2 unspecified atom stereocenters. The monoisotopic (exact) mass is 483 g/mol. The second-order valence-corrected chi connectivity index (χ2v) is 10.7. The third-order valence-electron chi connectivity index (χ3n) is 7.70. The van der Waals surface area contributed by atoms with E-state index in [4.69, 9.17) is 0 Å². The summed E-state index contributed by atoms with van der Waals surface area (Å²) in [6.07, 6.45) is 4.60. The number of carboxylic acids is 1. The average Bonchev–Trinajstić information content (AvgIpc) is 3.30. The van der Waals surface area contributed by atoms with Crippen molar-refractivity contribution in [3.8, 4) is 0 Å². The molecule has 6 heteroatoms. The predicted molar refractivity (Wildman–Crippen MR) is 143 cm³/mol. The van der Waals surface area contributed by atoms with E-state index in [1.165, 1.54) is 12.8 Å². The van der Waals surface area contributed by atoms with Gasteiger partial charge in [0.1, 0.15) is 0 Å². The van der Waals surface area contributed by atoms with Crippen molar-refractivity contribution in [1.29, 1.82) is 0 Å². The van der Waals surface area contributed by atoms with Crippen molar-refractivity contribution in [1.82, 2.24) is 5.32 Å². The van der Waals surface area contributed by atoms with Gasteiger partial charge in [0.2, 0.25) is 0 Å². The van der Waals surface area contributed by atoms with Crippen LogP contribution < -0.4 is 16.0 Å². The van der Waals surface area contributed by atoms with Gasteiger partial charge in [0.25, 0.3) is 5.91 Å². The number of nitrogens with one attached hydrogen (secondary N) is 3. The van der Waals surface area contributed by atoms with E-state index in [0.717, 1.165) is 29.9 Å². The molecular weight excluding hydrogens is 450 g/mol. The molecule has 2 aliphatic rings. The van der Waals surface area contributed by atoms with Crippen LogP contribution in [0.1, 0.15) is 60.2 Å². The molecule has 186 valence electrons. The van der Waals surface area contributed by atoms with Crippen molar-refractivity contribution in [2.45, 2.75) is 45.1 Å². The summed E-state index contributed by atoms with van der Waals surface area (Å²) in [4.78, 5) is 24.5. The Bertz CT molecular complexity index is 1240. The minimum Gasteiger partial charge on any atom is -0.478 e. The molecule has 5 rings (SSSR count). The Kier molecular flexibility index (Phi) is 6.44. The summed E-state index contributed by atoms with van der Waals surface area (Å²) >= 11 is 0. The summed E-state index contributed by atoms with van der Waals surface area (Å²) in [6, 6.07) is 22.1. The number of amides is 1. The molecular formula is C30H33N3O3. The number of carboxylic acid groups (broad SMARTS) is 1. The minimum absolute atomic E-state index is 0.0202. The first-order chi connectivity index (χ1) is 17.3. The molecule has 3 aromatic rings. The Morgan fingerprint density at radius 1 is 0.778 bits per heavy atom. The molecule has 0 aliphatic heterocycles. The molecule has 0 radical (unpaired) electrons. The maximum absolute atomic E-state index is 13.1. The highest BCUT2D eigenvalue weighted by atomic mass is 16.4. The Balaban J connectivity index is 1.21. The average molecular weight is 484 g/mol. The lowest BCUT2D eigenvalue weighted by Gasteiger charge is -2.31. The maximum atomic E-state index is 13.1. The lowest BCUT2D eigenvalue weighted by atomic mass is 9.89. The van der Waals surface area contributed by atoms with E-state index in [-0.39, 0.29) is 17.0 Å². The summed E-state index contributed by atoms with van der Waals surface area (Å²) in [5.74, 6) is 0.989. The molecule has 4 N–H and O–H groups in total. The zero-order valence-electron chi connectivity index (χ0n) is 20.8. The number of anilines is 4. The first-order valence-electron chi connectivity index (χ1n) is 12.7. The quantitative estimate of drug-likeness (QED) is 0.296. The lowest BCUT2D eigenvalue weighted by Crippen LogP contribution is -2.48. The Hall–Kier alpha value is -3.80. The van der Waals surface area contributed by atoms with E-state index >= 15 is 0 Å². The van der Waals surface area contributed by atoms with Crippen molar-refractivity contribution in [3.63, 3.8) is 0 Å². The summed E-state index contributed by atoms with van der Waals surface area (Å²) in [6.45, 7) is 4.60. The van der Waals surface area contributed by atoms with Crippen LogP contribution in [0.3, 0.4) is 0 Å². The lowest BCUT2D eigenvalue weighted by molar-refractivity contribution is 0.0697. The number of para-hydroxylation sites is 1. The van der Waals surface area contributed by atoms with Crippen LogP contribution in [0.4, 0.5) is 22.7 Å². The Morgan fingerprint density at radius 3 is 1.89 bits per heavy atom. The number of hydrogen-bond donors (Lipinski definition) is 4. The number of carbonyl (C=O) groups is 2. The van der Waals surface area contributed by atoms with E-state index in [1.54, 1.807) is 24.3 Å². The maximum Gasteiger partial charge on any atom is 0.337 e. The molecule has 0 spiro atoms. The Labute approximate surface area is 212 Å². The highest BCUT2D eigenvalue weighted by molar-refractivity contribution is 5.96. The third kappa shape index (κ3) is 4.94. The van der Waals surface area contributed by atoms with Crippen LogP contribution in [-0.2, 0) is 0 Å². The van der Waals surface area contributed by atoms with E-state index in [9.17, 15) is 14.7 Å². The van der Waals surface area contributed by atoms with Crippen molar-refractivity contribution < 1.29 is 14.7 Å². The van der Waals surface area contributed by atoms with Crippen LogP contribution in [0.5, 0.6) is 0 Å². The van der Waals surface area contributed by atoms with Gasteiger partial charge in [0.05, 0.1) is 11.3 Å². The summed E-state index contributed by atoms with van der Waals surface area (Å²) in [7, 11) is 0. The number of aromatic carboxylic acids is 1. The van der Waals surface area contributed by atoms with Crippen LogP contribution >= 0.6 is 0 Å². The number of benzene rings is 3. The van der Waals surface area contributed by atoms with Crippen molar-refractivity contribution >= 4 is 34.6 Å². The van der Waals surface area contributed by atoms with Gasteiger partial charge in [-0.3, -0.25) is 4.79 Å². The normalized spacial score (nSPS) is 24.7. The molecule has 2 fully saturated rings. The van der Waals surface area contributed by atoms with Gasteiger partial charge in [0, 0.05) is 28.2 Å². The molecule has 36 heavy (non-hydrogen) atoms. The fourth-order valence-electron chi connectivity index (χ4n) is 6.29. The largest absolute Gasteiger partial charge is 0.478 e. The molecule has 2 saturated carbocycles. The fraction of sp³-hybridized carbons (Fsp3) is 0.333. The standard InChI is InChI=1S/C30H33N3O3/c1-19-15-22-16-20(2)18-30(22,17-19)33-28(34)21-7-9-23(10-8-21)31-24-11-13-25(14-12-24)32-27-6-4-3-5-26(27)29(35)36/h3-14,19-20,22,31-32H,15-18H2,1-2H3,(H,33,34)(H,35,36). The van der Waals surface area contributed by atoms with Crippen LogP contribution in [0, 0.1) is 17.8 Å². The topological polar surface area (TPSA) is 90.5 Å². The van der Waals surface area contributed by atoms with Gasteiger partial charge in [0.15, 0.2) is 0 Å². The molecule has 0 saturated heterocycles. The summed E-state index contributed by atoms with van der Waals surface area (Å²) < 4.78 is 0. The molecule has 3 aromatic carbocycles. The smallest absolute Gasteiger partial charge is 0.337 e. The molecule has 2 atom stereocenters. The van der Waals surface area contributed by atoms with E-state index in [1.807, 2.05) is 48.5 Å². The van der Waals surface area contributed by atoms with Gasteiger partial charge in [-0.25, -0.2) is 4.79 Å². The zero-order chi connectivity index (χ0) is 25.3. The van der Waals surface area contributed by atoms with Crippen LogP contribution in [0.2, 0.25) is 0 Å². The number of fused-ring (bicyclic) bond motifs is 1. The van der Waals surface area contributed by atoms with Crippen LogP contribution in [0.25, 0.3) is 0 Å². The van der Waals surface area contributed by atoms with Crippen LogP contribution in [-0.4, -0.2) is 22.5 Å². The highest BCUT2D eigenvalue weighted by Gasteiger charge is 2.51. The van der Waals surface area contributed by atoms with Gasteiger partial charge in [-0.2, -0.15) is 0 Å². The van der Waals surface area contributed by atoms with Crippen molar-refractivity contribution in [2.24, 2.45) is 17.8 Å².